The van der Waals surface area contributed by atoms with Gasteiger partial charge in [0.1, 0.15) is 5.78 Å². The van der Waals surface area contributed by atoms with Crippen LogP contribution in [0.4, 0.5) is 4.79 Å². The number of rotatable bonds is 6. The van der Waals surface area contributed by atoms with E-state index in [9.17, 15) is 9.59 Å². The number of aryl methyl sites for hydroxylation is 1. The van der Waals surface area contributed by atoms with Gasteiger partial charge in [-0.05, 0) is 40.5 Å². The Hall–Kier alpha value is -1.85. The van der Waals surface area contributed by atoms with Gasteiger partial charge in [-0.25, -0.2) is 4.79 Å². The molecule has 0 bridgehead atoms. The summed E-state index contributed by atoms with van der Waals surface area (Å²) >= 11 is 0. The van der Waals surface area contributed by atoms with Crippen LogP contribution in [0.15, 0.2) is 10.7 Å². The summed E-state index contributed by atoms with van der Waals surface area (Å²) in [6.45, 7) is 7.15. The van der Waals surface area contributed by atoms with Crippen molar-refractivity contribution < 1.29 is 18.7 Å². The van der Waals surface area contributed by atoms with Crippen molar-refractivity contribution >= 4 is 11.9 Å². The highest BCUT2D eigenvalue weighted by atomic mass is 16.6. The molecule has 0 aliphatic rings. The van der Waals surface area contributed by atoms with E-state index in [0.717, 1.165) is 12.8 Å². The van der Waals surface area contributed by atoms with Crippen molar-refractivity contribution in [2.75, 3.05) is 0 Å². The standard InChI is InChI=1S/C14H22N2O4/c1-10(17)7-5-6-8-11-15-12(9-19-11)20-13(18)16-14(2,3)4/h9H,5-8H2,1-4H3,(H,16,18). The third kappa shape index (κ3) is 6.92. The first-order chi connectivity index (χ1) is 9.26. The van der Waals surface area contributed by atoms with E-state index in [0.29, 0.717) is 18.7 Å². The van der Waals surface area contributed by atoms with Crippen molar-refractivity contribution in [2.45, 2.75) is 58.9 Å². The lowest BCUT2D eigenvalue weighted by Crippen LogP contribution is -2.42. The number of hydrogen-bond acceptors (Lipinski definition) is 5. The number of nitrogens with zero attached hydrogens (tertiary/aromatic N) is 1. The first-order valence-electron chi connectivity index (χ1n) is 6.70. The molecule has 1 aromatic heterocycles. The molecule has 0 aliphatic carbocycles. The molecule has 1 N–H and O–H groups in total. The predicted octanol–water partition coefficient (Wildman–Crippen LogP) is 2.86. The number of amides is 1. The minimum absolute atomic E-state index is 0.147. The molecule has 0 saturated carbocycles. The Labute approximate surface area is 118 Å². The van der Waals surface area contributed by atoms with E-state index in [2.05, 4.69) is 10.3 Å². The van der Waals surface area contributed by atoms with Crippen LogP contribution in [0.2, 0.25) is 0 Å². The number of oxazole rings is 1. The maximum Gasteiger partial charge on any atom is 0.414 e. The van der Waals surface area contributed by atoms with Gasteiger partial charge in [0.05, 0.1) is 0 Å². The van der Waals surface area contributed by atoms with E-state index in [1.54, 1.807) is 6.92 Å². The minimum Gasteiger partial charge on any atom is -0.445 e. The largest absolute Gasteiger partial charge is 0.445 e. The molecule has 112 valence electrons. The van der Waals surface area contributed by atoms with Crippen LogP contribution in [0.25, 0.3) is 0 Å². The van der Waals surface area contributed by atoms with Crippen LogP contribution >= 0.6 is 0 Å². The van der Waals surface area contributed by atoms with Crippen LogP contribution < -0.4 is 10.1 Å². The van der Waals surface area contributed by atoms with Gasteiger partial charge in [-0.15, -0.1) is 0 Å². The molecule has 0 atom stereocenters. The summed E-state index contributed by atoms with van der Waals surface area (Å²) in [7, 11) is 0. The van der Waals surface area contributed by atoms with Crippen LogP contribution in [0.3, 0.4) is 0 Å². The van der Waals surface area contributed by atoms with Gasteiger partial charge < -0.3 is 19.3 Å². The highest BCUT2D eigenvalue weighted by Crippen LogP contribution is 2.13. The summed E-state index contributed by atoms with van der Waals surface area (Å²) in [4.78, 5) is 26.4. The number of ether oxygens (including phenoxy) is 1. The number of Topliss-reactive ketones (excluding diaryl/α,β-unsaturated/α-hetero) is 1. The molecule has 6 heteroatoms. The monoisotopic (exact) mass is 282 g/mol. The van der Waals surface area contributed by atoms with Crippen molar-refractivity contribution in [3.8, 4) is 5.88 Å². The van der Waals surface area contributed by atoms with Gasteiger partial charge in [0.25, 0.3) is 5.88 Å². The lowest BCUT2D eigenvalue weighted by atomic mass is 10.1. The lowest BCUT2D eigenvalue weighted by Gasteiger charge is -2.18. The van der Waals surface area contributed by atoms with Crippen LogP contribution in [0.5, 0.6) is 5.88 Å². The number of nitrogens with one attached hydrogen (secondary N) is 1. The SMILES string of the molecule is CC(=O)CCCCc1nc(OC(=O)NC(C)(C)C)co1. The van der Waals surface area contributed by atoms with Gasteiger partial charge >= 0.3 is 6.09 Å². The van der Waals surface area contributed by atoms with Crippen molar-refractivity contribution in [3.63, 3.8) is 0 Å². The Morgan fingerprint density at radius 1 is 1.35 bits per heavy atom. The van der Waals surface area contributed by atoms with E-state index < -0.39 is 6.09 Å². The van der Waals surface area contributed by atoms with Crippen molar-refractivity contribution in [2.24, 2.45) is 0 Å². The Bertz CT molecular complexity index is 460. The van der Waals surface area contributed by atoms with Gasteiger partial charge in [-0.1, -0.05) is 0 Å². The molecular weight excluding hydrogens is 260 g/mol. The average Bonchev–Trinajstić information content (AvgIpc) is 2.69. The Morgan fingerprint density at radius 3 is 2.65 bits per heavy atom. The molecular formula is C14H22N2O4. The first kappa shape index (κ1) is 16.2. The number of aromatic nitrogens is 1. The van der Waals surface area contributed by atoms with Gasteiger partial charge in [0.2, 0.25) is 0 Å². The average molecular weight is 282 g/mol. The van der Waals surface area contributed by atoms with E-state index >= 15 is 0 Å². The Morgan fingerprint density at radius 2 is 2.05 bits per heavy atom. The fourth-order valence-electron chi connectivity index (χ4n) is 1.53. The topological polar surface area (TPSA) is 81.4 Å². The number of carbonyl (C=O) groups is 2. The fourth-order valence-corrected chi connectivity index (χ4v) is 1.53. The lowest BCUT2D eigenvalue weighted by molar-refractivity contribution is -0.117. The number of hydrogen-bond donors (Lipinski definition) is 1. The van der Waals surface area contributed by atoms with Gasteiger partial charge in [0, 0.05) is 18.4 Å². The highest BCUT2D eigenvalue weighted by molar-refractivity contribution is 5.75. The van der Waals surface area contributed by atoms with Crippen molar-refractivity contribution in [1.29, 1.82) is 0 Å². The quantitative estimate of drug-likeness (QED) is 0.811. The minimum atomic E-state index is -0.561. The summed E-state index contributed by atoms with van der Waals surface area (Å²) in [5.41, 5.74) is -0.365. The number of carbonyl (C=O) groups excluding carboxylic acids is 2. The third-order valence-electron chi connectivity index (χ3n) is 2.37. The van der Waals surface area contributed by atoms with Crippen LogP contribution in [-0.4, -0.2) is 22.4 Å². The van der Waals surface area contributed by atoms with Crippen LogP contribution in [0.1, 0.15) is 52.8 Å². The second-order valence-electron chi connectivity index (χ2n) is 5.75. The second kappa shape index (κ2) is 7.07. The molecule has 1 amide bonds. The van der Waals surface area contributed by atoms with E-state index in [4.69, 9.17) is 9.15 Å². The van der Waals surface area contributed by atoms with Crippen molar-refractivity contribution in [1.82, 2.24) is 10.3 Å². The number of unbranched alkanes of at least 4 members (excludes halogenated alkanes) is 1. The zero-order valence-corrected chi connectivity index (χ0v) is 12.5. The maximum absolute atomic E-state index is 11.5. The third-order valence-corrected chi connectivity index (χ3v) is 2.37. The summed E-state index contributed by atoms with van der Waals surface area (Å²) in [6.07, 6.45) is 3.55. The second-order valence-corrected chi connectivity index (χ2v) is 5.75. The van der Waals surface area contributed by atoms with Crippen LogP contribution in [0, 0.1) is 0 Å². The van der Waals surface area contributed by atoms with Gasteiger partial charge in [-0.3, -0.25) is 0 Å². The molecule has 1 aromatic rings. The molecule has 0 saturated heterocycles. The summed E-state index contributed by atoms with van der Waals surface area (Å²) in [6, 6.07) is 0. The zero-order valence-electron chi connectivity index (χ0n) is 12.5. The molecule has 20 heavy (non-hydrogen) atoms. The molecule has 0 fully saturated rings. The molecule has 0 aliphatic heterocycles. The van der Waals surface area contributed by atoms with Gasteiger partial charge in [-0.2, -0.15) is 4.98 Å². The summed E-state index contributed by atoms with van der Waals surface area (Å²) in [5, 5.41) is 2.66. The number of ketones is 1. The molecule has 1 rings (SSSR count). The molecule has 0 radical (unpaired) electrons. The van der Waals surface area contributed by atoms with E-state index in [-0.39, 0.29) is 17.2 Å². The Kier molecular flexibility index (Phi) is 5.73. The fraction of sp³-hybridized carbons (Fsp3) is 0.643. The summed E-state index contributed by atoms with van der Waals surface area (Å²) < 4.78 is 10.2. The summed E-state index contributed by atoms with van der Waals surface area (Å²) in [5.74, 6) is 0.834. The van der Waals surface area contributed by atoms with E-state index in [1.165, 1.54) is 6.26 Å². The molecule has 6 nitrogen and oxygen atoms in total. The van der Waals surface area contributed by atoms with Crippen molar-refractivity contribution in [3.05, 3.63) is 12.2 Å². The molecule has 0 aromatic carbocycles. The van der Waals surface area contributed by atoms with E-state index in [1.807, 2.05) is 20.8 Å². The predicted molar refractivity (Wildman–Crippen MR) is 73.7 cm³/mol. The first-order valence-corrected chi connectivity index (χ1v) is 6.70. The maximum atomic E-state index is 11.5. The Balaban J connectivity index is 2.36. The van der Waals surface area contributed by atoms with Crippen LogP contribution in [-0.2, 0) is 11.2 Å². The zero-order chi connectivity index (χ0) is 15.2. The molecule has 0 unspecified atom stereocenters. The molecule has 0 spiro atoms. The highest BCUT2D eigenvalue weighted by Gasteiger charge is 2.16. The smallest absolute Gasteiger partial charge is 0.414 e. The van der Waals surface area contributed by atoms with Gasteiger partial charge in [0.15, 0.2) is 12.2 Å². The molecule has 1 heterocycles. The normalized spacial score (nSPS) is 11.2.